The molecule has 19 heavy (non-hydrogen) atoms. The molecule has 0 spiro atoms. The molecule has 5 heteroatoms. The van der Waals surface area contributed by atoms with Gasteiger partial charge in [0.2, 0.25) is 0 Å². The highest BCUT2D eigenvalue weighted by atomic mass is 79.9. The zero-order valence-corrected chi connectivity index (χ0v) is 12.7. The van der Waals surface area contributed by atoms with Gasteiger partial charge >= 0.3 is 0 Å². The maximum absolute atomic E-state index is 13.2. The van der Waals surface area contributed by atoms with Crippen LogP contribution in [0, 0.1) is 5.82 Å². The minimum absolute atomic E-state index is 0.0762. The molecule has 1 fully saturated rings. The van der Waals surface area contributed by atoms with E-state index in [-0.39, 0.29) is 24.1 Å². The van der Waals surface area contributed by atoms with Crippen LogP contribution in [0.4, 0.5) is 4.39 Å². The lowest BCUT2D eigenvalue weighted by molar-refractivity contribution is -0.131. The molecule has 1 aromatic rings. The van der Waals surface area contributed by atoms with Crippen molar-refractivity contribution in [2.45, 2.75) is 38.1 Å². The third kappa shape index (κ3) is 3.54. The number of hydrogen-bond donors (Lipinski definition) is 1. The van der Waals surface area contributed by atoms with E-state index in [4.69, 9.17) is 9.47 Å². The van der Waals surface area contributed by atoms with Gasteiger partial charge in [-0.1, -0.05) is 15.9 Å². The molecule has 0 amide bonds. The second-order valence-corrected chi connectivity index (χ2v) is 5.51. The molecule has 0 bridgehead atoms. The van der Waals surface area contributed by atoms with E-state index < -0.39 is 0 Å². The van der Waals surface area contributed by atoms with Crippen molar-refractivity contribution in [2.24, 2.45) is 0 Å². The minimum atomic E-state index is -0.218. The summed E-state index contributed by atoms with van der Waals surface area (Å²) in [6.07, 6.45) is 1.18. The summed E-state index contributed by atoms with van der Waals surface area (Å²) < 4.78 is 25.1. The van der Waals surface area contributed by atoms with Crippen molar-refractivity contribution >= 4 is 15.9 Å². The minimum Gasteiger partial charge on any atom is -0.377 e. The molecule has 3 atom stereocenters. The first-order valence-electron chi connectivity index (χ1n) is 6.47. The standard InChI is InChI=1S/C14H19BrFNO2/c1-3-19-13-7-12(14(13)18-2)17-8-9-6-10(16)4-5-11(9)15/h4-6,12-14,17H,3,7-8H2,1-2H3. The average Bonchev–Trinajstić information content (AvgIpc) is 2.37. The molecule has 1 saturated carbocycles. The van der Waals surface area contributed by atoms with Crippen LogP contribution in [0.1, 0.15) is 18.9 Å². The summed E-state index contributed by atoms with van der Waals surface area (Å²) in [6.45, 7) is 3.30. The SMILES string of the molecule is CCOC1CC(NCc2cc(F)ccc2Br)C1OC. The van der Waals surface area contributed by atoms with E-state index in [0.29, 0.717) is 13.2 Å². The number of ether oxygens (including phenoxy) is 2. The molecule has 3 unspecified atom stereocenters. The number of nitrogens with one attached hydrogen (secondary N) is 1. The molecular weight excluding hydrogens is 313 g/mol. The third-order valence-electron chi connectivity index (χ3n) is 3.46. The largest absolute Gasteiger partial charge is 0.377 e. The van der Waals surface area contributed by atoms with E-state index in [9.17, 15) is 4.39 Å². The van der Waals surface area contributed by atoms with Crippen molar-refractivity contribution in [3.8, 4) is 0 Å². The molecule has 0 aromatic heterocycles. The van der Waals surface area contributed by atoms with Crippen LogP contribution in [0.5, 0.6) is 0 Å². The second-order valence-electron chi connectivity index (χ2n) is 4.65. The Labute approximate surface area is 121 Å². The molecule has 1 N–H and O–H groups in total. The summed E-state index contributed by atoms with van der Waals surface area (Å²) in [5.41, 5.74) is 0.912. The van der Waals surface area contributed by atoms with Gasteiger partial charge in [-0.25, -0.2) is 4.39 Å². The van der Waals surface area contributed by atoms with E-state index in [1.54, 1.807) is 13.2 Å². The first kappa shape index (κ1) is 14.9. The molecular formula is C14H19BrFNO2. The normalized spacial score (nSPS) is 26.2. The van der Waals surface area contributed by atoms with Crippen molar-refractivity contribution in [3.05, 3.63) is 34.1 Å². The van der Waals surface area contributed by atoms with E-state index in [2.05, 4.69) is 21.2 Å². The van der Waals surface area contributed by atoms with Crippen molar-refractivity contribution in [2.75, 3.05) is 13.7 Å². The second kappa shape index (κ2) is 6.79. The number of methoxy groups -OCH3 is 1. The first-order valence-corrected chi connectivity index (χ1v) is 7.26. The van der Waals surface area contributed by atoms with E-state index in [0.717, 1.165) is 16.5 Å². The molecule has 1 aliphatic carbocycles. The van der Waals surface area contributed by atoms with Gasteiger partial charge in [-0.15, -0.1) is 0 Å². The number of rotatable bonds is 6. The van der Waals surface area contributed by atoms with Gasteiger partial charge in [-0.2, -0.15) is 0 Å². The molecule has 0 aliphatic heterocycles. The Kier molecular flexibility index (Phi) is 5.33. The van der Waals surface area contributed by atoms with Crippen LogP contribution in [-0.2, 0) is 16.0 Å². The van der Waals surface area contributed by atoms with Crippen molar-refractivity contribution in [1.82, 2.24) is 5.32 Å². The van der Waals surface area contributed by atoms with E-state index in [1.807, 2.05) is 6.92 Å². The highest BCUT2D eigenvalue weighted by Crippen LogP contribution is 2.27. The van der Waals surface area contributed by atoms with Gasteiger partial charge in [0, 0.05) is 30.8 Å². The predicted molar refractivity (Wildman–Crippen MR) is 75.6 cm³/mol. The van der Waals surface area contributed by atoms with Crippen LogP contribution in [0.3, 0.4) is 0 Å². The summed E-state index contributed by atoms with van der Waals surface area (Å²) in [6, 6.07) is 4.97. The average molecular weight is 332 g/mol. The van der Waals surface area contributed by atoms with Gasteiger partial charge in [0.15, 0.2) is 0 Å². The van der Waals surface area contributed by atoms with E-state index >= 15 is 0 Å². The topological polar surface area (TPSA) is 30.5 Å². The Hall–Kier alpha value is -0.490. The van der Waals surface area contributed by atoms with Crippen molar-refractivity contribution in [1.29, 1.82) is 0 Å². The Balaban J connectivity index is 1.87. The lowest BCUT2D eigenvalue weighted by Gasteiger charge is -2.43. The monoisotopic (exact) mass is 331 g/mol. The molecule has 2 rings (SSSR count). The van der Waals surface area contributed by atoms with Crippen LogP contribution in [0.2, 0.25) is 0 Å². The quantitative estimate of drug-likeness (QED) is 0.869. The zero-order chi connectivity index (χ0) is 13.8. The fourth-order valence-corrected chi connectivity index (χ4v) is 2.78. The molecule has 0 radical (unpaired) electrons. The Morgan fingerprint density at radius 2 is 2.26 bits per heavy atom. The van der Waals surface area contributed by atoms with Gasteiger partial charge in [0.05, 0.1) is 12.2 Å². The van der Waals surface area contributed by atoms with Gasteiger partial charge in [-0.05, 0) is 37.1 Å². The van der Waals surface area contributed by atoms with Crippen molar-refractivity contribution in [3.63, 3.8) is 0 Å². The molecule has 3 nitrogen and oxygen atoms in total. The lowest BCUT2D eigenvalue weighted by atomic mass is 9.85. The summed E-state index contributed by atoms with van der Waals surface area (Å²) in [7, 11) is 1.70. The fourth-order valence-electron chi connectivity index (χ4n) is 2.39. The summed E-state index contributed by atoms with van der Waals surface area (Å²) in [5.74, 6) is -0.218. The van der Waals surface area contributed by atoms with Crippen LogP contribution in [0.25, 0.3) is 0 Å². The summed E-state index contributed by atoms with van der Waals surface area (Å²) in [5, 5.41) is 3.39. The number of hydrogen-bond acceptors (Lipinski definition) is 3. The molecule has 106 valence electrons. The Morgan fingerprint density at radius 1 is 1.47 bits per heavy atom. The van der Waals surface area contributed by atoms with Gasteiger partial charge in [0.1, 0.15) is 5.82 Å². The summed E-state index contributed by atoms with van der Waals surface area (Å²) in [4.78, 5) is 0. The van der Waals surface area contributed by atoms with Crippen LogP contribution >= 0.6 is 15.9 Å². The van der Waals surface area contributed by atoms with Gasteiger partial charge in [-0.3, -0.25) is 0 Å². The smallest absolute Gasteiger partial charge is 0.123 e. The summed E-state index contributed by atoms with van der Waals surface area (Å²) >= 11 is 3.43. The van der Waals surface area contributed by atoms with Crippen LogP contribution < -0.4 is 5.32 Å². The van der Waals surface area contributed by atoms with Crippen LogP contribution in [0.15, 0.2) is 22.7 Å². The van der Waals surface area contributed by atoms with Crippen LogP contribution in [-0.4, -0.2) is 32.0 Å². The first-order chi connectivity index (χ1) is 9.15. The third-order valence-corrected chi connectivity index (χ3v) is 4.24. The van der Waals surface area contributed by atoms with Crippen molar-refractivity contribution < 1.29 is 13.9 Å². The highest BCUT2D eigenvalue weighted by Gasteiger charge is 2.41. The number of benzene rings is 1. The maximum atomic E-state index is 13.2. The highest BCUT2D eigenvalue weighted by molar-refractivity contribution is 9.10. The molecule has 0 heterocycles. The van der Waals surface area contributed by atoms with E-state index in [1.165, 1.54) is 12.1 Å². The van der Waals surface area contributed by atoms with Gasteiger partial charge < -0.3 is 14.8 Å². The Morgan fingerprint density at radius 3 is 2.95 bits per heavy atom. The zero-order valence-electron chi connectivity index (χ0n) is 11.2. The lowest BCUT2D eigenvalue weighted by Crippen LogP contribution is -2.59. The predicted octanol–water partition coefficient (Wildman–Crippen LogP) is 2.87. The molecule has 0 saturated heterocycles. The Bertz CT molecular complexity index is 430. The molecule has 1 aromatic carbocycles. The fraction of sp³-hybridized carbons (Fsp3) is 0.571. The van der Waals surface area contributed by atoms with Gasteiger partial charge in [0.25, 0.3) is 0 Å². The number of halogens is 2. The molecule has 1 aliphatic rings. The maximum Gasteiger partial charge on any atom is 0.123 e.